The number of ether oxygens (including phenoxy) is 1. The van der Waals surface area contributed by atoms with Gasteiger partial charge >= 0.3 is 0 Å². The number of unbranched alkanes of at least 4 members (excludes halogenated alkanes) is 5. The molecule has 1 heterocycles. The van der Waals surface area contributed by atoms with Gasteiger partial charge in [0, 0.05) is 19.3 Å². The molecule has 1 aromatic rings. The van der Waals surface area contributed by atoms with E-state index in [1.807, 2.05) is 6.20 Å². The molecule has 5 nitrogen and oxygen atoms in total. The summed E-state index contributed by atoms with van der Waals surface area (Å²) in [6, 6.07) is 0. The van der Waals surface area contributed by atoms with Gasteiger partial charge in [-0.15, -0.1) is 5.10 Å². The van der Waals surface area contributed by atoms with E-state index in [4.69, 9.17) is 10.5 Å². The molecular weight excluding hydrogens is 228 g/mol. The zero-order chi connectivity index (χ0) is 13.1. The van der Waals surface area contributed by atoms with Crippen LogP contribution in [0.1, 0.15) is 51.1 Å². The molecule has 0 unspecified atom stereocenters. The smallest absolute Gasteiger partial charge is 0.0962 e. The summed E-state index contributed by atoms with van der Waals surface area (Å²) in [6.45, 7) is 4.98. The number of nitrogens with zero attached hydrogens (tertiary/aromatic N) is 3. The average Bonchev–Trinajstić information content (AvgIpc) is 2.85. The highest BCUT2D eigenvalue weighted by Gasteiger charge is 1.98. The van der Waals surface area contributed by atoms with Crippen LogP contribution in [0.3, 0.4) is 0 Å². The van der Waals surface area contributed by atoms with Crippen molar-refractivity contribution < 1.29 is 4.74 Å². The molecule has 0 aromatic carbocycles. The molecule has 0 saturated carbocycles. The van der Waals surface area contributed by atoms with E-state index in [2.05, 4.69) is 17.2 Å². The van der Waals surface area contributed by atoms with Crippen LogP contribution in [-0.4, -0.2) is 28.2 Å². The summed E-state index contributed by atoms with van der Waals surface area (Å²) in [4.78, 5) is 0. The van der Waals surface area contributed by atoms with Crippen LogP contribution in [0.5, 0.6) is 0 Å². The molecule has 0 spiro atoms. The molecule has 5 heteroatoms. The second kappa shape index (κ2) is 10.0. The van der Waals surface area contributed by atoms with Gasteiger partial charge in [0.15, 0.2) is 0 Å². The van der Waals surface area contributed by atoms with Crippen molar-refractivity contribution in [3.8, 4) is 0 Å². The highest BCUT2D eigenvalue weighted by atomic mass is 16.5. The number of rotatable bonds is 11. The van der Waals surface area contributed by atoms with Crippen molar-refractivity contribution in [1.82, 2.24) is 15.0 Å². The lowest BCUT2D eigenvalue weighted by Gasteiger charge is -2.04. The monoisotopic (exact) mass is 254 g/mol. The van der Waals surface area contributed by atoms with Crippen molar-refractivity contribution >= 4 is 0 Å². The normalized spacial score (nSPS) is 11.0. The first kappa shape index (κ1) is 15.1. The van der Waals surface area contributed by atoms with Gasteiger partial charge in [-0.1, -0.05) is 44.2 Å². The molecule has 1 rings (SSSR count). The Hall–Kier alpha value is -0.940. The third kappa shape index (κ3) is 6.71. The van der Waals surface area contributed by atoms with Gasteiger partial charge in [0.2, 0.25) is 0 Å². The minimum atomic E-state index is 0.443. The van der Waals surface area contributed by atoms with Crippen molar-refractivity contribution in [3.05, 3.63) is 11.9 Å². The largest absolute Gasteiger partial charge is 0.380 e. The lowest BCUT2D eigenvalue weighted by atomic mass is 10.1. The van der Waals surface area contributed by atoms with Crippen molar-refractivity contribution in [1.29, 1.82) is 0 Å². The average molecular weight is 254 g/mol. The molecule has 0 fully saturated rings. The second-order valence-corrected chi connectivity index (χ2v) is 4.56. The third-order valence-electron chi connectivity index (χ3n) is 2.90. The maximum absolute atomic E-state index is 5.57. The molecule has 0 radical (unpaired) electrons. The van der Waals surface area contributed by atoms with E-state index in [1.165, 1.54) is 32.1 Å². The zero-order valence-corrected chi connectivity index (χ0v) is 11.5. The predicted molar refractivity (Wildman–Crippen MR) is 72.1 cm³/mol. The Kier molecular flexibility index (Phi) is 8.42. The molecule has 18 heavy (non-hydrogen) atoms. The summed E-state index contributed by atoms with van der Waals surface area (Å²) in [7, 11) is 0. The molecule has 1 aromatic heterocycles. The van der Waals surface area contributed by atoms with Gasteiger partial charge in [-0.05, 0) is 6.42 Å². The Morgan fingerprint density at radius 2 is 1.94 bits per heavy atom. The summed E-state index contributed by atoms with van der Waals surface area (Å²) in [5.74, 6) is 0. The van der Waals surface area contributed by atoms with Crippen LogP contribution < -0.4 is 5.73 Å². The zero-order valence-electron chi connectivity index (χ0n) is 11.5. The van der Waals surface area contributed by atoms with Crippen LogP contribution >= 0.6 is 0 Å². The van der Waals surface area contributed by atoms with Crippen LogP contribution in [0, 0.1) is 0 Å². The first-order chi connectivity index (χ1) is 8.86. The Morgan fingerprint density at radius 1 is 1.17 bits per heavy atom. The van der Waals surface area contributed by atoms with Gasteiger partial charge in [-0.25, -0.2) is 4.68 Å². The first-order valence-electron chi connectivity index (χ1n) is 7.03. The van der Waals surface area contributed by atoms with E-state index in [0.29, 0.717) is 13.2 Å². The maximum Gasteiger partial charge on any atom is 0.0962 e. The maximum atomic E-state index is 5.57. The van der Waals surface area contributed by atoms with Crippen LogP contribution in [0.4, 0.5) is 0 Å². The first-order valence-corrected chi connectivity index (χ1v) is 7.03. The summed E-state index contributed by atoms with van der Waals surface area (Å²) >= 11 is 0. The van der Waals surface area contributed by atoms with Gasteiger partial charge < -0.3 is 10.5 Å². The van der Waals surface area contributed by atoms with Crippen LogP contribution in [0.15, 0.2) is 6.20 Å². The van der Waals surface area contributed by atoms with E-state index in [0.717, 1.165) is 25.3 Å². The van der Waals surface area contributed by atoms with Crippen molar-refractivity contribution in [3.63, 3.8) is 0 Å². The van der Waals surface area contributed by atoms with Gasteiger partial charge in [0.1, 0.15) is 0 Å². The molecule has 0 aliphatic heterocycles. The Balaban J connectivity index is 1.89. The standard InChI is InChI=1S/C13H26N4O/c1-2-3-4-5-6-7-9-18-10-8-17-12-13(11-14)15-16-17/h12H,2-11,14H2,1H3. The third-order valence-corrected chi connectivity index (χ3v) is 2.90. The van der Waals surface area contributed by atoms with Gasteiger partial charge in [-0.2, -0.15) is 0 Å². The molecular formula is C13H26N4O. The Morgan fingerprint density at radius 3 is 2.67 bits per heavy atom. The fourth-order valence-corrected chi connectivity index (χ4v) is 1.79. The van der Waals surface area contributed by atoms with Crippen molar-refractivity contribution in [2.75, 3.05) is 13.2 Å². The SMILES string of the molecule is CCCCCCCCOCCn1cc(CN)nn1. The van der Waals surface area contributed by atoms with Crippen LogP contribution in [0.2, 0.25) is 0 Å². The topological polar surface area (TPSA) is 66.0 Å². The van der Waals surface area contributed by atoms with Crippen LogP contribution in [0.25, 0.3) is 0 Å². The number of aromatic nitrogens is 3. The van der Waals surface area contributed by atoms with Crippen LogP contribution in [-0.2, 0) is 17.8 Å². The van der Waals surface area contributed by atoms with E-state index in [-0.39, 0.29) is 0 Å². The molecule has 0 bridgehead atoms. The molecule has 0 aliphatic carbocycles. The number of hydrogen-bond acceptors (Lipinski definition) is 4. The molecule has 0 amide bonds. The molecule has 2 N–H and O–H groups in total. The summed E-state index contributed by atoms with van der Waals surface area (Å²) < 4.78 is 7.35. The minimum absolute atomic E-state index is 0.443. The van der Waals surface area contributed by atoms with Crippen molar-refractivity contribution in [2.24, 2.45) is 5.73 Å². The molecule has 0 atom stereocenters. The predicted octanol–water partition coefficient (Wildman–Crippen LogP) is 2.11. The van der Waals surface area contributed by atoms with Crippen molar-refractivity contribution in [2.45, 2.75) is 58.5 Å². The second-order valence-electron chi connectivity index (χ2n) is 4.56. The summed E-state index contributed by atoms with van der Waals surface area (Å²) in [5, 5.41) is 7.89. The lowest BCUT2D eigenvalue weighted by Crippen LogP contribution is -2.07. The van der Waals surface area contributed by atoms with E-state index in [1.54, 1.807) is 4.68 Å². The quantitative estimate of drug-likeness (QED) is 0.614. The number of nitrogens with two attached hydrogens (primary N) is 1. The fraction of sp³-hybridized carbons (Fsp3) is 0.846. The summed E-state index contributed by atoms with van der Waals surface area (Å²) in [5.41, 5.74) is 6.29. The lowest BCUT2D eigenvalue weighted by molar-refractivity contribution is 0.119. The van der Waals surface area contributed by atoms with Gasteiger partial charge in [-0.3, -0.25) is 0 Å². The fourth-order valence-electron chi connectivity index (χ4n) is 1.79. The van der Waals surface area contributed by atoms with Gasteiger partial charge in [0.25, 0.3) is 0 Å². The number of hydrogen-bond donors (Lipinski definition) is 1. The minimum Gasteiger partial charge on any atom is -0.380 e. The highest BCUT2D eigenvalue weighted by molar-refractivity contribution is 4.90. The Labute approximate surface area is 110 Å². The van der Waals surface area contributed by atoms with E-state index in [9.17, 15) is 0 Å². The summed E-state index contributed by atoms with van der Waals surface area (Å²) in [6.07, 6.45) is 9.66. The van der Waals surface area contributed by atoms with E-state index >= 15 is 0 Å². The Bertz CT molecular complexity index is 301. The highest BCUT2D eigenvalue weighted by Crippen LogP contribution is 2.04. The van der Waals surface area contributed by atoms with Gasteiger partial charge in [0.05, 0.1) is 18.8 Å². The molecule has 0 aliphatic rings. The molecule has 0 saturated heterocycles. The molecule has 104 valence electrons. The van der Waals surface area contributed by atoms with E-state index < -0.39 is 0 Å².